The van der Waals surface area contributed by atoms with Gasteiger partial charge in [-0.1, -0.05) is 6.07 Å². The molecule has 0 saturated carbocycles. The number of phenolic OH excluding ortho intramolecular Hbond substituents is 1. The van der Waals surface area contributed by atoms with Gasteiger partial charge in [0.2, 0.25) is 0 Å². The second-order valence-corrected chi connectivity index (χ2v) is 7.17. The second-order valence-electron chi connectivity index (χ2n) is 7.17. The summed E-state index contributed by atoms with van der Waals surface area (Å²) in [6.07, 6.45) is -3.93. The van der Waals surface area contributed by atoms with Crippen LogP contribution in [0.5, 0.6) is 5.75 Å². The van der Waals surface area contributed by atoms with Crippen molar-refractivity contribution in [3.8, 4) is 5.75 Å². The molecule has 1 aromatic carbocycles. The Bertz CT molecular complexity index is 713. The van der Waals surface area contributed by atoms with E-state index in [1.165, 1.54) is 0 Å². The zero-order chi connectivity index (χ0) is 21.6. The van der Waals surface area contributed by atoms with Gasteiger partial charge in [-0.2, -0.15) is 13.2 Å². The number of hydrogen-bond donors (Lipinski definition) is 2. The normalized spacial score (nSPS) is 21.9. The van der Waals surface area contributed by atoms with Gasteiger partial charge < -0.3 is 24.7 Å². The fourth-order valence-corrected chi connectivity index (χ4v) is 3.65. The van der Waals surface area contributed by atoms with E-state index in [-0.39, 0.29) is 11.7 Å². The molecule has 0 aromatic heterocycles. The summed E-state index contributed by atoms with van der Waals surface area (Å²) < 4.78 is 36.9. The van der Waals surface area contributed by atoms with Crippen molar-refractivity contribution in [2.75, 3.05) is 46.4 Å². The third-order valence-corrected chi connectivity index (χ3v) is 5.12. The van der Waals surface area contributed by atoms with Crippen LogP contribution < -0.4 is 0 Å². The SMILES string of the molecule is COCCN1CC[C@H]2CN(C(=O)c3cccc(O)c3)C[C@H]2C1.O=C(O)C(F)(F)F. The number of phenols is 1. The van der Waals surface area contributed by atoms with E-state index in [2.05, 4.69) is 4.90 Å². The highest BCUT2D eigenvalue weighted by Gasteiger charge is 2.39. The summed E-state index contributed by atoms with van der Waals surface area (Å²) in [6.45, 7) is 5.56. The molecule has 2 fully saturated rings. The van der Waals surface area contributed by atoms with Crippen molar-refractivity contribution in [3.63, 3.8) is 0 Å². The number of nitrogens with zero attached hydrogens (tertiary/aromatic N) is 2. The number of carboxylic acid groups (broad SMARTS) is 1. The Hall–Kier alpha value is -2.33. The molecule has 29 heavy (non-hydrogen) atoms. The van der Waals surface area contributed by atoms with Crippen molar-refractivity contribution >= 4 is 11.9 Å². The Morgan fingerprint density at radius 1 is 1.21 bits per heavy atom. The number of aromatic hydroxyl groups is 1. The fraction of sp³-hybridized carbons (Fsp3) is 0.579. The van der Waals surface area contributed by atoms with Crippen LogP contribution in [0.3, 0.4) is 0 Å². The number of amides is 1. The van der Waals surface area contributed by atoms with Gasteiger partial charge in [-0.15, -0.1) is 0 Å². The van der Waals surface area contributed by atoms with Gasteiger partial charge in [-0.3, -0.25) is 4.79 Å². The molecule has 2 heterocycles. The number of carbonyl (C=O) groups excluding carboxylic acids is 1. The number of halogens is 3. The molecular formula is C19H25F3N2O5. The first-order chi connectivity index (χ1) is 13.6. The third-order valence-electron chi connectivity index (χ3n) is 5.12. The van der Waals surface area contributed by atoms with E-state index in [1.54, 1.807) is 31.4 Å². The number of ether oxygens (including phenoxy) is 1. The Morgan fingerprint density at radius 3 is 2.45 bits per heavy atom. The average molecular weight is 418 g/mol. The number of piperidine rings is 1. The molecule has 2 N–H and O–H groups in total. The molecule has 0 unspecified atom stereocenters. The van der Waals surface area contributed by atoms with Gasteiger partial charge in [0, 0.05) is 38.9 Å². The fourth-order valence-electron chi connectivity index (χ4n) is 3.65. The Morgan fingerprint density at radius 2 is 1.86 bits per heavy atom. The van der Waals surface area contributed by atoms with Crippen molar-refractivity contribution in [1.82, 2.24) is 9.80 Å². The summed E-state index contributed by atoms with van der Waals surface area (Å²) in [5, 5.41) is 16.7. The highest BCUT2D eigenvalue weighted by atomic mass is 19.4. The molecule has 0 radical (unpaired) electrons. The number of fused-ring (bicyclic) bond motifs is 1. The highest BCUT2D eigenvalue weighted by Crippen LogP contribution is 2.32. The van der Waals surface area contributed by atoms with Gasteiger partial charge in [0.15, 0.2) is 0 Å². The van der Waals surface area contributed by atoms with Crippen LogP contribution in [-0.4, -0.2) is 84.5 Å². The zero-order valence-electron chi connectivity index (χ0n) is 16.1. The summed E-state index contributed by atoms with van der Waals surface area (Å²) in [5.41, 5.74) is 0.579. The molecule has 2 atom stereocenters. The van der Waals surface area contributed by atoms with E-state index in [9.17, 15) is 23.1 Å². The van der Waals surface area contributed by atoms with E-state index < -0.39 is 12.1 Å². The quantitative estimate of drug-likeness (QED) is 0.778. The molecule has 1 amide bonds. The van der Waals surface area contributed by atoms with Gasteiger partial charge in [0.05, 0.1) is 6.61 Å². The van der Waals surface area contributed by atoms with Crippen LogP contribution in [-0.2, 0) is 9.53 Å². The Kier molecular flexibility index (Phi) is 7.86. The third kappa shape index (κ3) is 6.60. The first kappa shape index (κ1) is 23.0. The number of alkyl halides is 3. The van der Waals surface area contributed by atoms with Crippen LogP contribution >= 0.6 is 0 Å². The van der Waals surface area contributed by atoms with Crippen molar-refractivity contribution in [3.05, 3.63) is 29.8 Å². The van der Waals surface area contributed by atoms with E-state index in [4.69, 9.17) is 14.6 Å². The number of likely N-dealkylation sites (tertiary alicyclic amines) is 2. The predicted octanol–water partition coefficient (Wildman–Crippen LogP) is 2.07. The van der Waals surface area contributed by atoms with Gasteiger partial charge in [-0.25, -0.2) is 4.79 Å². The highest BCUT2D eigenvalue weighted by molar-refractivity contribution is 5.94. The standard InChI is InChI=1S/C17H24N2O3.C2HF3O2/c1-22-8-7-18-6-5-14-11-19(12-15(14)10-18)17(21)13-3-2-4-16(20)9-13;3-2(4,5)1(6)7/h2-4,9,14-15,20H,5-8,10-12H2,1H3;(H,6,7)/t14-,15+;/m0./s1. The molecule has 2 saturated heterocycles. The van der Waals surface area contributed by atoms with Crippen molar-refractivity contribution < 1.29 is 37.7 Å². The Balaban J connectivity index is 0.000000370. The van der Waals surface area contributed by atoms with E-state index in [1.807, 2.05) is 4.90 Å². The van der Waals surface area contributed by atoms with Crippen molar-refractivity contribution in [1.29, 1.82) is 0 Å². The van der Waals surface area contributed by atoms with Crippen molar-refractivity contribution in [2.24, 2.45) is 11.8 Å². The summed E-state index contributed by atoms with van der Waals surface area (Å²) in [5.74, 6) is -1.40. The van der Waals surface area contributed by atoms with Crippen LogP contribution in [0, 0.1) is 11.8 Å². The van der Waals surface area contributed by atoms with Crippen molar-refractivity contribution in [2.45, 2.75) is 12.6 Å². The number of carbonyl (C=O) groups is 2. The summed E-state index contributed by atoms with van der Waals surface area (Å²) in [6, 6.07) is 6.64. The maximum atomic E-state index is 12.6. The predicted molar refractivity (Wildman–Crippen MR) is 97.6 cm³/mol. The number of methoxy groups -OCH3 is 1. The number of rotatable bonds is 4. The number of aliphatic carboxylic acids is 1. The molecule has 10 heteroatoms. The average Bonchev–Trinajstić information content (AvgIpc) is 3.08. The number of carboxylic acids is 1. The van der Waals surface area contributed by atoms with E-state index in [0.717, 1.165) is 45.8 Å². The Labute approximate surface area is 166 Å². The largest absolute Gasteiger partial charge is 0.508 e. The van der Waals surface area contributed by atoms with Crippen LogP contribution in [0.1, 0.15) is 16.8 Å². The lowest BCUT2D eigenvalue weighted by Gasteiger charge is -2.33. The molecule has 162 valence electrons. The van der Waals surface area contributed by atoms with Gasteiger partial charge >= 0.3 is 12.1 Å². The number of hydrogen-bond acceptors (Lipinski definition) is 5. The monoisotopic (exact) mass is 418 g/mol. The van der Waals surface area contributed by atoms with Gasteiger partial charge in [-0.05, 0) is 43.0 Å². The molecule has 2 aliphatic heterocycles. The topological polar surface area (TPSA) is 90.3 Å². The summed E-state index contributed by atoms with van der Waals surface area (Å²) >= 11 is 0. The van der Waals surface area contributed by atoms with Gasteiger partial charge in [0.25, 0.3) is 5.91 Å². The maximum absolute atomic E-state index is 12.6. The number of benzene rings is 1. The maximum Gasteiger partial charge on any atom is 0.490 e. The van der Waals surface area contributed by atoms with Gasteiger partial charge in [0.1, 0.15) is 5.75 Å². The van der Waals surface area contributed by atoms with Crippen LogP contribution in [0.15, 0.2) is 24.3 Å². The molecule has 2 aliphatic rings. The van der Waals surface area contributed by atoms with Crippen LogP contribution in [0.4, 0.5) is 13.2 Å². The second kappa shape index (κ2) is 9.93. The first-order valence-electron chi connectivity index (χ1n) is 9.21. The summed E-state index contributed by atoms with van der Waals surface area (Å²) in [4.78, 5) is 25.9. The summed E-state index contributed by atoms with van der Waals surface area (Å²) in [7, 11) is 1.73. The van der Waals surface area contributed by atoms with E-state index >= 15 is 0 Å². The molecule has 0 bridgehead atoms. The lowest BCUT2D eigenvalue weighted by atomic mass is 9.89. The minimum absolute atomic E-state index is 0.0359. The van der Waals surface area contributed by atoms with Crippen LogP contribution in [0.2, 0.25) is 0 Å². The molecule has 0 aliphatic carbocycles. The molecule has 1 aromatic rings. The van der Waals surface area contributed by atoms with Crippen LogP contribution in [0.25, 0.3) is 0 Å². The minimum atomic E-state index is -5.08. The lowest BCUT2D eigenvalue weighted by molar-refractivity contribution is -0.192. The molecular weight excluding hydrogens is 393 g/mol. The first-order valence-corrected chi connectivity index (χ1v) is 9.21. The molecule has 3 rings (SSSR count). The zero-order valence-corrected chi connectivity index (χ0v) is 16.1. The smallest absolute Gasteiger partial charge is 0.490 e. The minimum Gasteiger partial charge on any atom is -0.508 e. The molecule has 7 nitrogen and oxygen atoms in total. The van der Waals surface area contributed by atoms with E-state index in [0.29, 0.717) is 17.4 Å². The lowest BCUT2D eigenvalue weighted by Crippen LogP contribution is -2.41. The molecule has 0 spiro atoms.